The molecule has 5 heteroatoms. The fraction of sp³-hybridized carbons (Fsp3) is 0.900. The number of ether oxygens (including phenoxy) is 2. The standard InChI is InChI=1S/C10H20N2O3/c1-14-7-2-5-12-6-8-15-9(3-4-11)10(12)13/h9H,2-8,11H2,1H3. The van der Waals surface area contributed by atoms with Gasteiger partial charge in [-0.2, -0.15) is 0 Å². The minimum atomic E-state index is -0.328. The lowest BCUT2D eigenvalue weighted by atomic mass is 10.2. The van der Waals surface area contributed by atoms with Crippen molar-refractivity contribution in [2.24, 2.45) is 5.73 Å². The molecule has 5 nitrogen and oxygen atoms in total. The van der Waals surface area contributed by atoms with E-state index in [0.29, 0.717) is 32.7 Å². The Kier molecular flexibility index (Phi) is 5.60. The highest BCUT2D eigenvalue weighted by atomic mass is 16.5. The molecule has 2 N–H and O–H groups in total. The van der Waals surface area contributed by atoms with E-state index >= 15 is 0 Å². The number of hydrogen-bond acceptors (Lipinski definition) is 4. The molecule has 1 atom stereocenters. The molecule has 1 amide bonds. The van der Waals surface area contributed by atoms with Crippen molar-refractivity contribution in [3.63, 3.8) is 0 Å². The molecule has 15 heavy (non-hydrogen) atoms. The van der Waals surface area contributed by atoms with Crippen LogP contribution in [-0.4, -0.2) is 56.9 Å². The first-order chi connectivity index (χ1) is 7.29. The van der Waals surface area contributed by atoms with Gasteiger partial charge in [0.2, 0.25) is 0 Å². The van der Waals surface area contributed by atoms with Crippen LogP contribution in [0.25, 0.3) is 0 Å². The van der Waals surface area contributed by atoms with Crippen molar-refractivity contribution < 1.29 is 14.3 Å². The van der Waals surface area contributed by atoms with Crippen LogP contribution in [0, 0.1) is 0 Å². The Morgan fingerprint density at radius 1 is 1.67 bits per heavy atom. The Labute approximate surface area is 90.5 Å². The van der Waals surface area contributed by atoms with Crippen molar-refractivity contribution in [3.8, 4) is 0 Å². The summed E-state index contributed by atoms with van der Waals surface area (Å²) >= 11 is 0. The lowest BCUT2D eigenvalue weighted by Gasteiger charge is -2.32. The van der Waals surface area contributed by atoms with Crippen LogP contribution >= 0.6 is 0 Å². The molecule has 1 unspecified atom stereocenters. The van der Waals surface area contributed by atoms with Crippen molar-refractivity contribution in [2.75, 3.05) is 40.0 Å². The summed E-state index contributed by atoms with van der Waals surface area (Å²) in [6, 6.07) is 0. The minimum Gasteiger partial charge on any atom is -0.385 e. The van der Waals surface area contributed by atoms with Crippen LogP contribution in [0.5, 0.6) is 0 Å². The van der Waals surface area contributed by atoms with Gasteiger partial charge in [0.15, 0.2) is 0 Å². The van der Waals surface area contributed by atoms with Crippen molar-refractivity contribution in [2.45, 2.75) is 18.9 Å². The van der Waals surface area contributed by atoms with Crippen LogP contribution in [0.1, 0.15) is 12.8 Å². The van der Waals surface area contributed by atoms with Crippen molar-refractivity contribution in [1.29, 1.82) is 0 Å². The number of carbonyl (C=O) groups is 1. The zero-order valence-electron chi connectivity index (χ0n) is 9.28. The molecule has 1 fully saturated rings. The van der Waals surface area contributed by atoms with Crippen molar-refractivity contribution >= 4 is 5.91 Å². The zero-order chi connectivity index (χ0) is 11.1. The van der Waals surface area contributed by atoms with Gasteiger partial charge in [-0.05, 0) is 19.4 Å². The van der Waals surface area contributed by atoms with E-state index in [1.165, 1.54) is 0 Å². The fourth-order valence-corrected chi connectivity index (χ4v) is 1.67. The van der Waals surface area contributed by atoms with E-state index in [4.69, 9.17) is 15.2 Å². The predicted molar refractivity (Wildman–Crippen MR) is 56.5 cm³/mol. The fourth-order valence-electron chi connectivity index (χ4n) is 1.67. The van der Waals surface area contributed by atoms with E-state index < -0.39 is 0 Å². The number of amides is 1. The van der Waals surface area contributed by atoms with Gasteiger partial charge in [0, 0.05) is 26.8 Å². The molecule has 1 saturated heterocycles. The van der Waals surface area contributed by atoms with E-state index in [9.17, 15) is 4.79 Å². The molecule has 0 aromatic heterocycles. The SMILES string of the molecule is COCCCN1CCOC(CCN)C1=O. The largest absolute Gasteiger partial charge is 0.385 e. The molecule has 0 bridgehead atoms. The van der Waals surface area contributed by atoms with E-state index in [1.54, 1.807) is 7.11 Å². The summed E-state index contributed by atoms with van der Waals surface area (Å²) in [4.78, 5) is 13.7. The summed E-state index contributed by atoms with van der Waals surface area (Å²) in [5.41, 5.74) is 5.42. The van der Waals surface area contributed by atoms with Crippen LogP contribution < -0.4 is 5.73 Å². The lowest BCUT2D eigenvalue weighted by Crippen LogP contribution is -2.48. The van der Waals surface area contributed by atoms with E-state index in [2.05, 4.69) is 0 Å². The van der Waals surface area contributed by atoms with E-state index in [0.717, 1.165) is 13.0 Å². The second-order valence-corrected chi connectivity index (χ2v) is 3.61. The number of nitrogens with two attached hydrogens (primary N) is 1. The van der Waals surface area contributed by atoms with Crippen LogP contribution in [0.3, 0.4) is 0 Å². The van der Waals surface area contributed by atoms with Gasteiger partial charge in [0.25, 0.3) is 5.91 Å². The van der Waals surface area contributed by atoms with Gasteiger partial charge in [-0.1, -0.05) is 0 Å². The lowest BCUT2D eigenvalue weighted by molar-refractivity contribution is -0.153. The van der Waals surface area contributed by atoms with Crippen LogP contribution in [0.4, 0.5) is 0 Å². The Hall–Kier alpha value is -0.650. The highest BCUT2D eigenvalue weighted by Crippen LogP contribution is 2.10. The smallest absolute Gasteiger partial charge is 0.251 e. The summed E-state index contributed by atoms with van der Waals surface area (Å²) in [5.74, 6) is 0.0720. The van der Waals surface area contributed by atoms with Crippen molar-refractivity contribution in [1.82, 2.24) is 4.90 Å². The third-order valence-electron chi connectivity index (χ3n) is 2.47. The number of nitrogens with zero attached hydrogens (tertiary/aromatic N) is 1. The van der Waals surface area contributed by atoms with Gasteiger partial charge in [-0.25, -0.2) is 0 Å². The molecular weight excluding hydrogens is 196 g/mol. The topological polar surface area (TPSA) is 64.8 Å². The number of carbonyl (C=O) groups excluding carboxylic acids is 1. The predicted octanol–water partition coefficient (Wildman–Crippen LogP) is -0.401. The third-order valence-corrected chi connectivity index (χ3v) is 2.47. The van der Waals surface area contributed by atoms with Crippen LogP contribution in [-0.2, 0) is 14.3 Å². The Morgan fingerprint density at radius 2 is 2.47 bits per heavy atom. The summed E-state index contributed by atoms with van der Waals surface area (Å²) in [6.07, 6.45) is 1.16. The molecule has 0 aromatic rings. The zero-order valence-corrected chi connectivity index (χ0v) is 9.28. The summed E-state index contributed by atoms with van der Waals surface area (Å²) in [6.45, 7) is 3.22. The highest BCUT2D eigenvalue weighted by molar-refractivity contribution is 5.81. The van der Waals surface area contributed by atoms with E-state index in [1.807, 2.05) is 4.90 Å². The Morgan fingerprint density at radius 3 is 3.13 bits per heavy atom. The number of methoxy groups -OCH3 is 1. The molecule has 1 aliphatic rings. The van der Waals surface area contributed by atoms with Gasteiger partial charge < -0.3 is 20.1 Å². The maximum Gasteiger partial charge on any atom is 0.251 e. The van der Waals surface area contributed by atoms with Gasteiger partial charge in [0.05, 0.1) is 6.61 Å². The monoisotopic (exact) mass is 216 g/mol. The van der Waals surface area contributed by atoms with Gasteiger partial charge >= 0.3 is 0 Å². The minimum absolute atomic E-state index is 0.0720. The summed E-state index contributed by atoms with van der Waals surface area (Å²) in [7, 11) is 1.67. The highest BCUT2D eigenvalue weighted by Gasteiger charge is 2.28. The molecule has 0 saturated carbocycles. The molecule has 0 aromatic carbocycles. The third kappa shape index (κ3) is 3.77. The molecule has 0 spiro atoms. The average molecular weight is 216 g/mol. The first kappa shape index (κ1) is 12.4. The molecule has 0 radical (unpaired) electrons. The Balaban J connectivity index is 2.33. The van der Waals surface area contributed by atoms with Crippen molar-refractivity contribution in [3.05, 3.63) is 0 Å². The first-order valence-electron chi connectivity index (χ1n) is 5.39. The second kappa shape index (κ2) is 6.76. The molecule has 0 aliphatic carbocycles. The molecule has 88 valence electrons. The Bertz CT molecular complexity index is 197. The first-order valence-corrected chi connectivity index (χ1v) is 5.39. The normalized spacial score (nSPS) is 22.1. The summed E-state index contributed by atoms with van der Waals surface area (Å²) < 4.78 is 10.3. The number of morpholine rings is 1. The average Bonchev–Trinajstić information content (AvgIpc) is 2.24. The number of rotatable bonds is 6. The number of hydrogen-bond donors (Lipinski definition) is 1. The van der Waals surface area contributed by atoms with Gasteiger partial charge in [0.1, 0.15) is 6.10 Å². The van der Waals surface area contributed by atoms with E-state index in [-0.39, 0.29) is 12.0 Å². The quantitative estimate of drug-likeness (QED) is 0.614. The second-order valence-electron chi connectivity index (χ2n) is 3.61. The summed E-state index contributed by atoms with van der Waals surface area (Å²) in [5, 5.41) is 0. The molecule has 1 rings (SSSR count). The molecular formula is C10H20N2O3. The van der Waals surface area contributed by atoms with Gasteiger partial charge in [-0.3, -0.25) is 4.79 Å². The molecule has 1 aliphatic heterocycles. The van der Waals surface area contributed by atoms with Crippen LogP contribution in [0.2, 0.25) is 0 Å². The van der Waals surface area contributed by atoms with Gasteiger partial charge in [-0.15, -0.1) is 0 Å². The molecule has 1 heterocycles. The maximum atomic E-state index is 11.8. The van der Waals surface area contributed by atoms with Crippen LogP contribution in [0.15, 0.2) is 0 Å². The maximum absolute atomic E-state index is 11.8.